The Morgan fingerprint density at radius 2 is 1.49 bits per heavy atom. The minimum Gasteiger partial charge on any atom is -0.497 e. The van der Waals surface area contributed by atoms with Crippen molar-refractivity contribution in [3.05, 3.63) is 29.8 Å². The maximum atomic E-state index is 15.0. The number of benzene rings is 1. The molecule has 79 heavy (non-hydrogen) atoms. The summed E-state index contributed by atoms with van der Waals surface area (Å²) in [7, 11) is 4.29. The average molecular weight is 1110 g/mol. The predicted molar refractivity (Wildman–Crippen MR) is 290 cm³/mol. The van der Waals surface area contributed by atoms with Gasteiger partial charge in [-0.3, -0.25) is 43.2 Å². The fourth-order valence-corrected chi connectivity index (χ4v) is 10.5. The molecule has 0 aromatic heterocycles. The van der Waals surface area contributed by atoms with Gasteiger partial charge < -0.3 is 60.0 Å². The molecule has 7 amide bonds. The van der Waals surface area contributed by atoms with Crippen LogP contribution in [0.4, 0.5) is 0 Å². The lowest BCUT2D eigenvalue weighted by Gasteiger charge is -2.36. The first kappa shape index (κ1) is 65.4. The van der Waals surface area contributed by atoms with Crippen LogP contribution in [0.1, 0.15) is 133 Å². The number of amides is 7. The summed E-state index contributed by atoms with van der Waals surface area (Å²) in [5, 5.41) is 30.2. The highest BCUT2D eigenvalue weighted by molar-refractivity contribution is 6.05. The van der Waals surface area contributed by atoms with Crippen molar-refractivity contribution in [1.29, 1.82) is 0 Å². The zero-order chi connectivity index (χ0) is 59.3. The van der Waals surface area contributed by atoms with E-state index in [9.17, 15) is 53.4 Å². The number of cyclic esters (lactones) is 2. The summed E-state index contributed by atoms with van der Waals surface area (Å²) >= 11 is 0. The Balaban J connectivity index is 1.89. The molecule has 3 saturated heterocycles. The van der Waals surface area contributed by atoms with E-state index in [4.69, 9.17) is 14.2 Å². The number of ether oxygens (including phenoxy) is 3. The number of hydrogen-bond acceptors (Lipinski definition) is 15. The smallest absolute Gasteiger partial charge is 0.329 e. The highest BCUT2D eigenvalue weighted by atomic mass is 16.6. The van der Waals surface area contributed by atoms with Crippen molar-refractivity contribution in [2.45, 2.75) is 201 Å². The van der Waals surface area contributed by atoms with Crippen LogP contribution in [-0.2, 0) is 63.8 Å². The maximum absolute atomic E-state index is 15.0. The second-order valence-corrected chi connectivity index (χ2v) is 23.0. The van der Waals surface area contributed by atoms with E-state index in [0.29, 0.717) is 30.6 Å². The zero-order valence-electron chi connectivity index (χ0n) is 48.8. The van der Waals surface area contributed by atoms with E-state index in [2.05, 4.69) is 16.0 Å². The summed E-state index contributed by atoms with van der Waals surface area (Å²) in [5.74, 6) is -10.3. The standard InChI is InChI=1S/C57H89N7O15/c1-15-33(8)46-44(66)29-45(67)79-49(32(6)7)48(68)34(9)50(69)58-39(26-30(2)3)54(73)64-25-17-19-41(64)56(75)62(13)43(28-37-20-22-38(77-14)23-21-37)57(76)78-36(11)47(52(71)59-46)60-51(70)42(27-31(4)5)61(12)55(74)40-18-16-24-63(40)53(72)35(10)65/h20-23,30-36,39-44,46-47,49,65-66H,15-19,24-29H2,1-14H3,(H,58,69)(H,59,71)(H,60,70)/t33?,34?,35-,36-,39+,40+,41+,42+,43+,44?,46?,47-,49?/m1/s1. The summed E-state index contributed by atoms with van der Waals surface area (Å²) in [4.78, 5) is 149. The molecule has 13 atom stereocenters. The molecule has 0 spiro atoms. The Morgan fingerprint density at radius 3 is 2.06 bits per heavy atom. The van der Waals surface area contributed by atoms with Crippen LogP contribution in [0.15, 0.2) is 24.3 Å². The normalized spacial score (nSPS) is 27.7. The molecule has 22 nitrogen and oxygen atoms in total. The summed E-state index contributed by atoms with van der Waals surface area (Å²) in [6.07, 6.45) is -4.99. The number of aliphatic hydroxyl groups excluding tert-OH is 2. The Kier molecular flexibility index (Phi) is 24.3. The highest BCUT2D eigenvalue weighted by Crippen LogP contribution is 2.27. The first-order valence-corrected chi connectivity index (χ1v) is 28.0. The Hall–Kier alpha value is -6.16. The van der Waals surface area contributed by atoms with Gasteiger partial charge in [-0.2, -0.15) is 0 Å². The number of carbonyl (C=O) groups excluding carboxylic acids is 10. The van der Waals surface area contributed by atoms with Crippen molar-refractivity contribution < 1.29 is 72.4 Å². The number of nitrogens with one attached hydrogen (secondary N) is 3. The second-order valence-electron chi connectivity index (χ2n) is 23.0. The average Bonchev–Trinajstić information content (AvgIpc) is 4.13. The van der Waals surface area contributed by atoms with Crippen molar-refractivity contribution in [3.8, 4) is 5.75 Å². The van der Waals surface area contributed by atoms with E-state index >= 15 is 4.79 Å². The van der Waals surface area contributed by atoms with Crippen molar-refractivity contribution in [1.82, 2.24) is 35.6 Å². The number of ketones is 1. The summed E-state index contributed by atoms with van der Waals surface area (Å²) in [5.41, 5.74) is 0.571. The van der Waals surface area contributed by atoms with E-state index in [0.717, 1.165) is 0 Å². The molecule has 0 aliphatic carbocycles. The molecule has 3 aliphatic rings. The summed E-state index contributed by atoms with van der Waals surface area (Å²) in [6, 6.07) is -2.19. The number of hydrogen-bond donors (Lipinski definition) is 5. The van der Waals surface area contributed by atoms with Gasteiger partial charge in [0.15, 0.2) is 11.9 Å². The van der Waals surface area contributed by atoms with Crippen LogP contribution in [0.5, 0.6) is 5.75 Å². The fraction of sp³-hybridized carbons (Fsp3) is 0.719. The van der Waals surface area contributed by atoms with E-state index < -0.39 is 150 Å². The van der Waals surface area contributed by atoms with Gasteiger partial charge in [0.25, 0.3) is 5.91 Å². The molecule has 3 fully saturated rings. The molecule has 5 N–H and O–H groups in total. The van der Waals surface area contributed by atoms with Crippen LogP contribution in [0.2, 0.25) is 0 Å². The monoisotopic (exact) mass is 1110 g/mol. The van der Waals surface area contributed by atoms with Crippen molar-refractivity contribution in [3.63, 3.8) is 0 Å². The molecule has 4 rings (SSSR count). The van der Waals surface area contributed by atoms with Crippen LogP contribution in [0, 0.1) is 29.6 Å². The number of carbonyl (C=O) groups is 10. The van der Waals surface area contributed by atoms with E-state index in [1.165, 1.54) is 61.6 Å². The zero-order valence-corrected chi connectivity index (χ0v) is 48.8. The maximum Gasteiger partial charge on any atom is 0.329 e. The Labute approximate surface area is 465 Å². The topological polar surface area (TPSA) is 288 Å². The van der Waals surface area contributed by atoms with Crippen molar-refractivity contribution in [2.75, 3.05) is 34.3 Å². The van der Waals surface area contributed by atoms with Gasteiger partial charge in [-0.1, -0.05) is 73.9 Å². The number of likely N-dealkylation sites (N-methyl/N-ethyl adjacent to an activating group) is 2. The number of fused-ring (bicyclic) bond motifs is 1. The lowest BCUT2D eigenvalue weighted by molar-refractivity contribution is -0.163. The van der Waals surface area contributed by atoms with Gasteiger partial charge in [0.1, 0.15) is 54.2 Å². The lowest BCUT2D eigenvalue weighted by atomic mass is 9.91. The molecular formula is C57H89N7O15. The van der Waals surface area contributed by atoms with E-state index in [1.807, 2.05) is 27.7 Å². The summed E-state index contributed by atoms with van der Waals surface area (Å²) < 4.78 is 17.2. The predicted octanol–water partition coefficient (Wildman–Crippen LogP) is 2.32. The van der Waals surface area contributed by atoms with Gasteiger partial charge in [0.05, 0.1) is 31.6 Å². The number of likely N-dealkylation sites (tertiary alicyclic amines) is 1. The largest absolute Gasteiger partial charge is 0.497 e. The van der Waals surface area contributed by atoms with Gasteiger partial charge in [-0.15, -0.1) is 0 Å². The molecule has 0 saturated carbocycles. The number of nitrogens with zero attached hydrogens (tertiary/aromatic N) is 4. The van der Waals surface area contributed by atoms with E-state index in [-0.39, 0.29) is 57.0 Å². The van der Waals surface area contributed by atoms with Gasteiger partial charge in [0, 0.05) is 33.6 Å². The minimum absolute atomic E-state index is 0.0720. The van der Waals surface area contributed by atoms with Crippen LogP contribution < -0.4 is 20.7 Å². The minimum atomic E-state index is -1.76. The quantitative estimate of drug-likeness (QED) is 0.124. The van der Waals surface area contributed by atoms with Crippen molar-refractivity contribution in [2.24, 2.45) is 29.6 Å². The van der Waals surface area contributed by atoms with Crippen molar-refractivity contribution >= 4 is 59.1 Å². The third-order valence-corrected chi connectivity index (χ3v) is 15.5. The number of esters is 2. The second kappa shape index (κ2) is 29.3. The number of Topliss-reactive ketones (excluding diaryl/α,β-unsaturated/α-hetero) is 1. The molecule has 0 bridgehead atoms. The van der Waals surface area contributed by atoms with Crippen LogP contribution in [-0.4, -0.2) is 190 Å². The highest BCUT2D eigenvalue weighted by Gasteiger charge is 2.46. The van der Waals surface area contributed by atoms with Gasteiger partial charge in [-0.25, -0.2) is 4.79 Å². The number of methoxy groups -OCH3 is 1. The first-order valence-electron chi connectivity index (χ1n) is 28.0. The SMILES string of the molecule is CCC(C)C1NC(=O)[C@H](NC(=O)[C@H](CC(C)C)N(C)C(=O)[C@@H]2CCCN2C(=O)[C@@H](C)O)[C@@H](C)OC(=O)[C@H](Cc2ccc(OC)cc2)N(C)C(=O)[C@@H]2CCCN2C(=O)[C@H](CC(C)C)NC(=O)C(C)C(=O)C(C(C)C)OC(=O)CC1O. The Bertz CT molecular complexity index is 2330. The molecule has 442 valence electrons. The molecular weight excluding hydrogens is 1020 g/mol. The first-order chi connectivity index (χ1) is 37.0. The van der Waals surface area contributed by atoms with Crippen LogP contribution >= 0.6 is 0 Å². The van der Waals surface area contributed by atoms with Gasteiger partial charge in [0.2, 0.25) is 35.4 Å². The molecule has 5 unspecified atom stereocenters. The Morgan fingerprint density at radius 1 is 0.861 bits per heavy atom. The van der Waals surface area contributed by atoms with Crippen LogP contribution in [0.25, 0.3) is 0 Å². The molecule has 22 heteroatoms. The third-order valence-electron chi connectivity index (χ3n) is 15.5. The van der Waals surface area contributed by atoms with Crippen LogP contribution in [0.3, 0.4) is 0 Å². The number of rotatable bonds is 15. The van der Waals surface area contributed by atoms with E-state index in [1.54, 1.807) is 52.0 Å². The third kappa shape index (κ3) is 16.9. The summed E-state index contributed by atoms with van der Waals surface area (Å²) in [6.45, 7) is 18.4. The van der Waals surface area contributed by atoms with Gasteiger partial charge >= 0.3 is 11.9 Å². The molecule has 0 radical (unpaired) electrons. The molecule has 3 aliphatic heterocycles. The molecule has 1 aromatic rings. The molecule has 3 heterocycles. The lowest BCUT2D eigenvalue weighted by Crippen LogP contribution is -2.62. The number of aliphatic hydroxyl groups is 2. The molecule has 1 aromatic carbocycles. The van der Waals surface area contributed by atoms with Gasteiger partial charge in [-0.05, 0) is 101 Å². The fourth-order valence-electron chi connectivity index (χ4n) is 10.5.